The van der Waals surface area contributed by atoms with Crippen molar-refractivity contribution >= 4 is 17.7 Å². The van der Waals surface area contributed by atoms with Crippen molar-refractivity contribution in [3.8, 4) is 0 Å². The lowest BCUT2D eigenvalue weighted by Gasteiger charge is -2.14. The van der Waals surface area contributed by atoms with Crippen LogP contribution in [0.4, 0.5) is 0 Å². The first kappa shape index (κ1) is 15.9. The van der Waals surface area contributed by atoms with E-state index < -0.39 is 0 Å². The first-order chi connectivity index (χ1) is 11.6. The van der Waals surface area contributed by atoms with E-state index in [1.54, 1.807) is 24.3 Å². The van der Waals surface area contributed by atoms with Gasteiger partial charge in [0.25, 0.3) is 5.91 Å². The summed E-state index contributed by atoms with van der Waals surface area (Å²) in [5, 5.41) is 2.86. The Morgan fingerprint density at radius 2 is 1.50 bits per heavy atom. The Bertz CT molecular complexity index is 738. The number of hydrogen-bond acceptors (Lipinski definition) is 3. The number of likely N-dealkylation sites (tertiary alicyclic amines) is 1. The van der Waals surface area contributed by atoms with Crippen molar-refractivity contribution in [1.29, 1.82) is 0 Å². The lowest BCUT2D eigenvalue weighted by atomic mass is 10.1. The molecule has 0 atom stereocenters. The maximum atomic E-state index is 12.1. The van der Waals surface area contributed by atoms with Crippen LogP contribution in [0.25, 0.3) is 0 Å². The van der Waals surface area contributed by atoms with Gasteiger partial charge in [-0.3, -0.25) is 19.3 Å². The molecular weight excluding hydrogens is 304 g/mol. The Morgan fingerprint density at radius 1 is 0.875 bits per heavy atom. The quantitative estimate of drug-likeness (QED) is 0.859. The molecule has 1 saturated heterocycles. The van der Waals surface area contributed by atoms with Crippen LogP contribution in [0.3, 0.4) is 0 Å². The van der Waals surface area contributed by atoms with Gasteiger partial charge in [-0.25, -0.2) is 0 Å². The molecule has 1 aliphatic heterocycles. The topological polar surface area (TPSA) is 66.5 Å². The number of nitrogens with one attached hydrogen (secondary N) is 1. The fourth-order valence-corrected chi connectivity index (χ4v) is 2.62. The number of imide groups is 1. The fraction of sp³-hybridized carbons (Fsp3) is 0.211. The van der Waals surface area contributed by atoms with E-state index in [1.807, 2.05) is 30.3 Å². The van der Waals surface area contributed by atoms with Crippen molar-refractivity contribution in [2.75, 3.05) is 0 Å². The monoisotopic (exact) mass is 322 g/mol. The molecule has 0 radical (unpaired) electrons. The summed E-state index contributed by atoms with van der Waals surface area (Å²) in [6.07, 6.45) is 0.581. The van der Waals surface area contributed by atoms with E-state index in [1.165, 1.54) is 4.90 Å². The van der Waals surface area contributed by atoms with Crippen molar-refractivity contribution in [3.63, 3.8) is 0 Å². The van der Waals surface area contributed by atoms with Crippen LogP contribution in [-0.4, -0.2) is 22.6 Å². The molecule has 1 heterocycles. The fourth-order valence-electron chi connectivity index (χ4n) is 2.62. The number of carbonyl (C=O) groups excluding carboxylic acids is 3. The molecule has 3 rings (SSSR count). The predicted molar refractivity (Wildman–Crippen MR) is 88.8 cm³/mol. The Morgan fingerprint density at radius 3 is 2.12 bits per heavy atom. The van der Waals surface area contributed by atoms with Crippen LogP contribution in [0.5, 0.6) is 0 Å². The number of carbonyl (C=O) groups is 3. The van der Waals surface area contributed by atoms with Gasteiger partial charge in [-0.2, -0.15) is 0 Å². The SMILES string of the molecule is O=C(NCc1ccccc1)c1ccc(CN2C(=O)CCC2=O)cc1. The van der Waals surface area contributed by atoms with Crippen LogP contribution in [-0.2, 0) is 22.7 Å². The lowest BCUT2D eigenvalue weighted by Crippen LogP contribution is -2.28. The summed E-state index contributed by atoms with van der Waals surface area (Å²) >= 11 is 0. The van der Waals surface area contributed by atoms with Gasteiger partial charge in [0.2, 0.25) is 11.8 Å². The molecule has 2 aromatic carbocycles. The molecule has 0 aromatic heterocycles. The molecule has 5 nitrogen and oxygen atoms in total. The minimum atomic E-state index is -0.154. The van der Waals surface area contributed by atoms with Crippen LogP contribution in [0.1, 0.15) is 34.3 Å². The number of nitrogens with zero attached hydrogens (tertiary/aromatic N) is 1. The van der Waals surface area contributed by atoms with Crippen LogP contribution in [0.2, 0.25) is 0 Å². The van der Waals surface area contributed by atoms with Gasteiger partial charge in [0.15, 0.2) is 0 Å². The van der Waals surface area contributed by atoms with Crippen LogP contribution in [0.15, 0.2) is 54.6 Å². The highest BCUT2D eigenvalue weighted by atomic mass is 16.2. The van der Waals surface area contributed by atoms with Gasteiger partial charge in [0.1, 0.15) is 0 Å². The molecule has 0 spiro atoms. The third-order valence-electron chi connectivity index (χ3n) is 4.01. The third kappa shape index (κ3) is 3.68. The number of rotatable bonds is 5. The van der Waals surface area contributed by atoms with E-state index in [0.717, 1.165) is 11.1 Å². The van der Waals surface area contributed by atoms with E-state index in [0.29, 0.717) is 24.9 Å². The van der Waals surface area contributed by atoms with E-state index in [9.17, 15) is 14.4 Å². The average molecular weight is 322 g/mol. The Hall–Kier alpha value is -2.95. The largest absolute Gasteiger partial charge is 0.348 e. The second-order valence-electron chi connectivity index (χ2n) is 5.74. The third-order valence-corrected chi connectivity index (χ3v) is 4.01. The van der Waals surface area contributed by atoms with Crippen molar-refractivity contribution in [2.24, 2.45) is 0 Å². The van der Waals surface area contributed by atoms with Gasteiger partial charge >= 0.3 is 0 Å². The molecule has 1 aliphatic rings. The highest BCUT2D eigenvalue weighted by Crippen LogP contribution is 2.16. The zero-order valence-corrected chi connectivity index (χ0v) is 13.2. The molecule has 1 fully saturated rings. The summed E-state index contributed by atoms with van der Waals surface area (Å²) in [4.78, 5) is 36.7. The van der Waals surface area contributed by atoms with E-state index in [2.05, 4.69) is 5.32 Å². The maximum absolute atomic E-state index is 12.1. The predicted octanol–water partition coefficient (Wildman–Crippen LogP) is 2.27. The van der Waals surface area contributed by atoms with Crippen LogP contribution < -0.4 is 5.32 Å². The van der Waals surface area contributed by atoms with Gasteiger partial charge < -0.3 is 5.32 Å². The maximum Gasteiger partial charge on any atom is 0.251 e. The second kappa shape index (κ2) is 7.08. The summed E-state index contributed by atoms with van der Waals surface area (Å²) in [6.45, 7) is 0.738. The summed E-state index contributed by atoms with van der Waals surface area (Å²) in [5.74, 6) is -0.423. The van der Waals surface area contributed by atoms with Crippen molar-refractivity contribution in [3.05, 3.63) is 71.3 Å². The van der Waals surface area contributed by atoms with E-state index in [-0.39, 0.29) is 24.3 Å². The lowest BCUT2D eigenvalue weighted by molar-refractivity contribution is -0.139. The Labute approximate surface area is 140 Å². The molecule has 24 heavy (non-hydrogen) atoms. The number of amides is 3. The molecule has 3 amide bonds. The van der Waals surface area contributed by atoms with Crippen molar-refractivity contribution < 1.29 is 14.4 Å². The molecule has 5 heteroatoms. The first-order valence-electron chi connectivity index (χ1n) is 7.88. The van der Waals surface area contributed by atoms with Crippen molar-refractivity contribution in [1.82, 2.24) is 10.2 Å². The van der Waals surface area contributed by atoms with E-state index in [4.69, 9.17) is 0 Å². The number of hydrogen-bond donors (Lipinski definition) is 1. The van der Waals surface area contributed by atoms with Gasteiger partial charge in [-0.15, -0.1) is 0 Å². The van der Waals surface area contributed by atoms with Crippen molar-refractivity contribution in [2.45, 2.75) is 25.9 Å². The molecule has 2 aromatic rings. The van der Waals surface area contributed by atoms with Gasteiger partial charge in [0, 0.05) is 24.9 Å². The summed E-state index contributed by atoms with van der Waals surface area (Å²) in [5.41, 5.74) is 2.42. The van der Waals surface area contributed by atoms with Crippen LogP contribution in [0, 0.1) is 0 Å². The Kier molecular flexibility index (Phi) is 4.70. The molecule has 0 aliphatic carbocycles. The molecular formula is C19H18N2O3. The minimum Gasteiger partial charge on any atom is -0.348 e. The summed E-state index contributed by atoms with van der Waals surface area (Å²) in [6, 6.07) is 16.7. The second-order valence-corrected chi connectivity index (χ2v) is 5.74. The average Bonchev–Trinajstić information content (AvgIpc) is 2.93. The van der Waals surface area contributed by atoms with Gasteiger partial charge in [0.05, 0.1) is 6.54 Å². The summed E-state index contributed by atoms with van der Waals surface area (Å²) in [7, 11) is 0. The highest BCUT2D eigenvalue weighted by Gasteiger charge is 2.28. The molecule has 0 unspecified atom stereocenters. The normalized spacial score (nSPS) is 14.1. The smallest absolute Gasteiger partial charge is 0.251 e. The van der Waals surface area contributed by atoms with E-state index >= 15 is 0 Å². The minimum absolute atomic E-state index is 0.135. The summed E-state index contributed by atoms with van der Waals surface area (Å²) < 4.78 is 0. The Balaban J connectivity index is 1.58. The molecule has 122 valence electrons. The first-order valence-corrected chi connectivity index (χ1v) is 7.88. The molecule has 0 saturated carbocycles. The highest BCUT2D eigenvalue weighted by molar-refractivity contribution is 6.01. The van der Waals surface area contributed by atoms with Crippen LogP contribution >= 0.6 is 0 Å². The zero-order chi connectivity index (χ0) is 16.9. The zero-order valence-electron chi connectivity index (χ0n) is 13.2. The molecule has 1 N–H and O–H groups in total. The molecule has 0 bridgehead atoms. The van der Waals surface area contributed by atoms with Gasteiger partial charge in [-0.05, 0) is 23.3 Å². The van der Waals surface area contributed by atoms with Gasteiger partial charge in [-0.1, -0.05) is 42.5 Å². The number of benzene rings is 2. The standard InChI is InChI=1S/C19H18N2O3/c22-17-10-11-18(23)21(17)13-15-6-8-16(9-7-15)19(24)20-12-14-4-2-1-3-5-14/h1-9H,10-13H2,(H,20,24).